The molecule has 1 amide bonds. The lowest BCUT2D eigenvalue weighted by Crippen LogP contribution is -2.44. The van der Waals surface area contributed by atoms with E-state index in [9.17, 15) is 19.5 Å². The first-order valence-electron chi connectivity index (χ1n) is 14.4. The van der Waals surface area contributed by atoms with Gasteiger partial charge in [0.25, 0.3) is 5.56 Å². The smallest absolute Gasteiger partial charge is 0.343 e. The average molecular weight is 579 g/mol. The molecule has 0 radical (unpaired) electrons. The summed E-state index contributed by atoms with van der Waals surface area (Å²) in [6, 6.07) is 2.41. The fourth-order valence-electron chi connectivity index (χ4n) is 6.42. The molecule has 6 rings (SSSR count). The van der Waals surface area contributed by atoms with Crippen molar-refractivity contribution in [1.29, 1.82) is 0 Å². The third-order valence-corrected chi connectivity index (χ3v) is 9.11. The first-order chi connectivity index (χ1) is 20.0. The second-order valence-electron chi connectivity index (χ2n) is 11.9. The standard InChI is InChI=1S/C31H35FN4O6/c1-5-31(40)19-8-24-28-17(10-36(24)29(38)18(19)11-42-30(31)39)27-22(34-25(37)13-41-12-21(33)14(2)3)7-6-16-15(4)20(32)9-23(35-28)26(16)27/h8-9,14,21-22,40H,5-7,10-13,33H2,1-4H3,(H,34,37)/t21-,22+,31+/m1/s1. The molecule has 3 aliphatic rings. The lowest BCUT2D eigenvalue weighted by molar-refractivity contribution is -0.172. The van der Waals surface area contributed by atoms with Gasteiger partial charge in [0.05, 0.1) is 41.7 Å². The molecule has 0 fully saturated rings. The normalized spacial score (nSPS) is 21.1. The van der Waals surface area contributed by atoms with E-state index in [1.807, 2.05) is 13.8 Å². The predicted octanol–water partition coefficient (Wildman–Crippen LogP) is 2.63. The monoisotopic (exact) mass is 578 g/mol. The molecule has 0 saturated carbocycles. The lowest BCUT2D eigenvalue weighted by Gasteiger charge is -2.31. The van der Waals surface area contributed by atoms with E-state index >= 15 is 4.39 Å². The third kappa shape index (κ3) is 4.25. The molecule has 2 aromatic heterocycles. The second-order valence-corrected chi connectivity index (χ2v) is 11.9. The van der Waals surface area contributed by atoms with Crippen molar-refractivity contribution in [3.05, 3.63) is 61.7 Å². The van der Waals surface area contributed by atoms with E-state index in [1.165, 1.54) is 6.07 Å². The molecular weight excluding hydrogens is 543 g/mol. The lowest BCUT2D eigenvalue weighted by atomic mass is 9.81. The van der Waals surface area contributed by atoms with Gasteiger partial charge in [0.15, 0.2) is 5.60 Å². The van der Waals surface area contributed by atoms with Crippen LogP contribution in [-0.2, 0) is 44.2 Å². The molecule has 0 bridgehead atoms. The molecular formula is C31H35FN4O6. The summed E-state index contributed by atoms with van der Waals surface area (Å²) in [5, 5.41) is 15.1. The number of rotatable bonds is 7. The number of fused-ring (bicyclic) bond motifs is 5. The summed E-state index contributed by atoms with van der Waals surface area (Å²) in [6.45, 7) is 7.40. The molecule has 10 nitrogen and oxygen atoms in total. The zero-order chi connectivity index (χ0) is 30.1. The van der Waals surface area contributed by atoms with E-state index in [1.54, 1.807) is 24.5 Å². The minimum absolute atomic E-state index is 0.0249. The molecule has 0 unspecified atom stereocenters. The third-order valence-electron chi connectivity index (χ3n) is 9.11. The highest BCUT2D eigenvalue weighted by molar-refractivity contribution is 5.94. The number of halogens is 1. The van der Waals surface area contributed by atoms with Gasteiger partial charge in [-0.3, -0.25) is 9.59 Å². The molecule has 3 atom stereocenters. The SMILES string of the molecule is CC[C@@]1(O)C(=O)OCc2c1cc1n(c2=O)Cc2c-1nc1cc(F)c(C)c3c1c2[C@@H](NC(=O)COC[C@@H](N)C(C)C)CC3. The Bertz CT molecular complexity index is 1720. The van der Waals surface area contributed by atoms with Crippen LogP contribution in [0.5, 0.6) is 0 Å². The van der Waals surface area contributed by atoms with E-state index in [-0.39, 0.29) is 73.2 Å². The maximum absolute atomic E-state index is 15.1. The number of nitrogens with two attached hydrogens (primary N) is 1. The number of pyridine rings is 2. The Labute approximate surface area is 242 Å². The van der Waals surface area contributed by atoms with Crippen molar-refractivity contribution >= 4 is 22.8 Å². The van der Waals surface area contributed by atoms with Crippen molar-refractivity contribution in [1.82, 2.24) is 14.9 Å². The Balaban J connectivity index is 1.47. The van der Waals surface area contributed by atoms with Gasteiger partial charge in [0.2, 0.25) is 5.91 Å². The van der Waals surface area contributed by atoms with Crippen molar-refractivity contribution in [2.75, 3.05) is 13.2 Å². The number of aromatic nitrogens is 2. The maximum Gasteiger partial charge on any atom is 0.343 e. The number of ether oxygens (including phenoxy) is 2. The number of cyclic esters (lactones) is 1. The number of hydrogen-bond acceptors (Lipinski definition) is 8. The first-order valence-corrected chi connectivity index (χ1v) is 14.4. The number of benzene rings is 1. The summed E-state index contributed by atoms with van der Waals surface area (Å²) in [5.74, 6) is -1.27. The van der Waals surface area contributed by atoms with Gasteiger partial charge in [-0.1, -0.05) is 20.8 Å². The summed E-state index contributed by atoms with van der Waals surface area (Å²) in [5.41, 5.74) is 8.36. The number of aryl methyl sites for hydroxylation is 1. The van der Waals surface area contributed by atoms with E-state index < -0.39 is 17.6 Å². The summed E-state index contributed by atoms with van der Waals surface area (Å²) < 4.78 is 27.4. The number of aliphatic hydroxyl groups is 1. The Morgan fingerprint density at radius 3 is 2.79 bits per heavy atom. The quantitative estimate of drug-likeness (QED) is 0.284. The van der Waals surface area contributed by atoms with Crippen molar-refractivity contribution in [2.24, 2.45) is 11.7 Å². The average Bonchev–Trinajstić information content (AvgIpc) is 3.33. The molecule has 0 spiro atoms. The molecule has 3 aromatic rings. The summed E-state index contributed by atoms with van der Waals surface area (Å²) in [6.07, 6.45) is 1.10. The number of esters is 1. The number of amides is 1. The molecule has 0 saturated heterocycles. The van der Waals surface area contributed by atoms with Crippen LogP contribution < -0.4 is 16.6 Å². The minimum atomic E-state index is -1.96. The highest BCUT2D eigenvalue weighted by atomic mass is 19.1. The molecule has 42 heavy (non-hydrogen) atoms. The summed E-state index contributed by atoms with van der Waals surface area (Å²) in [7, 11) is 0. The van der Waals surface area contributed by atoms with Crippen molar-refractivity contribution in [2.45, 2.75) is 77.8 Å². The van der Waals surface area contributed by atoms with E-state index in [4.69, 9.17) is 20.2 Å². The van der Waals surface area contributed by atoms with Crippen LogP contribution >= 0.6 is 0 Å². The van der Waals surface area contributed by atoms with Gasteiger partial charge >= 0.3 is 5.97 Å². The predicted molar refractivity (Wildman–Crippen MR) is 152 cm³/mol. The molecule has 1 aliphatic carbocycles. The molecule has 1 aromatic carbocycles. The number of nitrogens with one attached hydrogen (secondary N) is 1. The maximum atomic E-state index is 15.1. The number of hydrogen-bond donors (Lipinski definition) is 3. The molecule has 4 N–H and O–H groups in total. The molecule has 4 heterocycles. The zero-order valence-electron chi connectivity index (χ0n) is 24.2. The largest absolute Gasteiger partial charge is 0.458 e. The van der Waals surface area contributed by atoms with Gasteiger partial charge in [-0.05, 0) is 54.9 Å². The summed E-state index contributed by atoms with van der Waals surface area (Å²) in [4.78, 5) is 44.1. The van der Waals surface area contributed by atoms with Gasteiger partial charge in [-0.15, -0.1) is 0 Å². The first kappa shape index (κ1) is 28.4. The molecule has 2 aliphatic heterocycles. The Morgan fingerprint density at radius 2 is 2.07 bits per heavy atom. The zero-order valence-corrected chi connectivity index (χ0v) is 24.2. The van der Waals surface area contributed by atoms with E-state index in [2.05, 4.69) is 5.32 Å². The number of carbonyl (C=O) groups excluding carboxylic acids is 2. The van der Waals surface area contributed by atoms with E-state index in [0.29, 0.717) is 35.3 Å². The molecule has 222 valence electrons. The van der Waals surface area contributed by atoms with Gasteiger partial charge in [-0.25, -0.2) is 14.2 Å². The van der Waals surface area contributed by atoms with Crippen molar-refractivity contribution < 1.29 is 28.6 Å². The Morgan fingerprint density at radius 1 is 1.31 bits per heavy atom. The van der Waals surface area contributed by atoms with Crippen LogP contribution in [0.15, 0.2) is 16.9 Å². The number of nitrogens with zero attached hydrogens (tertiary/aromatic N) is 2. The van der Waals surface area contributed by atoms with Crippen LogP contribution in [0, 0.1) is 18.7 Å². The van der Waals surface area contributed by atoms with Crippen LogP contribution in [0.4, 0.5) is 4.39 Å². The van der Waals surface area contributed by atoms with Crippen LogP contribution in [0.1, 0.15) is 73.0 Å². The number of carbonyl (C=O) groups is 2. The Hall–Kier alpha value is -3.67. The van der Waals surface area contributed by atoms with Crippen molar-refractivity contribution in [3.63, 3.8) is 0 Å². The van der Waals surface area contributed by atoms with Crippen LogP contribution in [-0.4, -0.2) is 45.8 Å². The molecule has 11 heteroatoms. The van der Waals surface area contributed by atoms with Gasteiger partial charge in [-0.2, -0.15) is 0 Å². The van der Waals surface area contributed by atoms with E-state index in [0.717, 1.165) is 22.1 Å². The van der Waals surface area contributed by atoms with Gasteiger partial charge < -0.3 is 30.2 Å². The second kappa shape index (κ2) is 10.3. The highest BCUT2D eigenvalue weighted by Crippen LogP contribution is 2.45. The minimum Gasteiger partial charge on any atom is -0.458 e. The summed E-state index contributed by atoms with van der Waals surface area (Å²) >= 11 is 0. The van der Waals surface area contributed by atoms with Crippen LogP contribution in [0.25, 0.3) is 22.3 Å². The van der Waals surface area contributed by atoms with Gasteiger partial charge in [0, 0.05) is 28.6 Å². The Kier molecular flexibility index (Phi) is 6.94. The highest BCUT2D eigenvalue weighted by Gasteiger charge is 2.46. The van der Waals surface area contributed by atoms with Crippen LogP contribution in [0.3, 0.4) is 0 Å². The van der Waals surface area contributed by atoms with Crippen molar-refractivity contribution in [3.8, 4) is 11.4 Å². The van der Waals surface area contributed by atoms with Crippen LogP contribution in [0.2, 0.25) is 0 Å². The van der Waals surface area contributed by atoms with Gasteiger partial charge in [0.1, 0.15) is 19.0 Å². The fourth-order valence-corrected chi connectivity index (χ4v) is 6.42. The fraction of sp³-hybridized carbons (Fsp3) is 0.484. The topological polar surface area (TPSA) is 146 Å².